The average Bonchev–Trinajstić information content (AvgIpc) is 2.18. The van der Waals surface area contributed by atoms with Crippen LogP contribution in [0.1, 0.15) is 45.4 Å². The van der Waals surface area contributed by atoms with Gasteiger partial charge in [-0.25, -0.2) is 0 Å². The predicted molar refractivity (Wildman–Crippen MR) is 44.0 cm³/mol. The van der Waals surface area contributed by atoms with Gasteiger partial charge in [0.15, 0.2) is 0 Å². The van der Waals surface area contributed by atoms with Gasteiger partial charge in [-0.15, -0.1) is 0 Å². The molecular weight excluding hydrogens is 138 g/mol. The summed E-state index contributed by atoms with van der Waals surface area (Å²) in [6.07, 6.45) is 6.51. The summed E-state index contributed by atoms with van der Waals surface area (Å²) in [6, 6.07) is 1.75. The van der Waals surface area contributed by atoms with Crippen LogP contribution in [-0.4, -0.2) is 5.78 Å². The maximum Gasteiger partial charge on any atom is 0.132 e. The van der Waals surface area contributed by atoms with Crippen LogP contribution in [0.15, 0.2) is 0 Å². The van der Waals surface area contributed by atoms with Crippen LogP contribution >= 0.6 is 0 Å². The van der Waals surface area contributed by atoms with E-state index in [2.05, 4.69) is 0 Å². The Bertz CT molecular complexity index is 136. The maximum atomic E-state index is 10.7. The lowest BCUT2D eigenvalue weighted by atomic mass is 10.2. The van der Waals surface area contributed by atoms with E-state index in [4.69, 9.17) is 5.26 Å². The van der Waals surface area contributed by atoms with Gasteiger partial charge in [0.05, 0.1) is 6.07 Å². The Morgan fingerprint density at radius 3 is 1.91 bits per heavy atom. The summed E-state index contributed by atoms with van der Waals surface area (Å²) in [4.78, 5) is 10.7. The van der Waals surface area contributed by atoms with Crippen molar-refractivity contribution in [2.24, 2.45) is 0 Å². The minimum absolute atomic E-state index is 0.475. The average molecular weight is 153 g/mol. The van der Waals surface area contributed by atoms with Crippen LogP contribution in [0, 0.1) is 11.3 Å². The second-order valence-corrected chi connectivity index (χ2v) is 2.68. The molecule has 0 spiro atoms. The van der Waals surface area contributed by atoms with E-state index in [-0.39, 0.29) is 0 Å². The van der Waals surface area contributed by atoms with Gasteiger partial charge in [0.1, 0.15) is 5.78 Å². The first-order valence-electron chi connectivity index (χ1n) is 4.13. The zero-order chi connectivity index (χ0) is 8.53. The molecule has 0 aromatic rings. The summed E-state index contributed by atoms with van der Waals surface area (Å²) in [5.74, 6) is 0.475. The molecule has 0 unspecified atom stereocenters. The topological polar surface area (TPSA) is 40.9 Å². The number of ketones is 1. The molecule has 0 saturated heterocycles. The summed E-state index contributed by atoms with van der Waals surface area (Å²) in [7, 11) is 0. The van der Waals surface area contributed by atoms with Crippen LogP contribution in [0.2, 0.25) is 0 Å². The van der Waals surface area contributed by atoms with Crippen molar-refractivity contribution in [1.82, 2.24) is 0 Å². The Hall–Kier alpha value is -0.840. The van der Waals surface area contributed by atoms with E-state index in [1.54, 1.807) is 6.07 Å². The molecule has 0 heterocycles. The Morgan fingerprint density at radius 1 is 1.18 bits per heavy atom. The fourth-order valence-corrected chi connectivity index (χ4v) is 1.12. The van der Waals surface area contributed by atoms with Gasteiger partial charge in [0, 0.05) is 19.8 Å². The molecule has 1 aliphatic carbocycles. The highest BCUT2D eigenvalue weighted by molar-refractivity contribution is 5.78. The van der Waals surface area contributed by atoms with E-state index >= 15 is 0 Å². The van der Waals surface area contributed by atoms with Gasteiger partial charge in [0.25, 0.3) is 0 Å². The predicted octanol–water partition coefficient (Wildman–Crippen LogP) is 2.44. The van der Waals surface area contributed by atoms with Crippen LogP contribution in [0.5, 0.6) is 0 Å². The minimum Gasteiger partial charge on any atom is -0.300 e. The molecule has 1 rings (SSSR count). The van der Waals surface area contributed by atoms with Crippen molar-refractivity contribution in [3.8, 4) is 6.07 Å². The number of nitriles is 1. The Morgan fingerprint density at radius 2 is 1.55 bits per heavy atom. The molecule has 0 aliphatic heterocycles. The van der Waals surface area contributed by atoms with Gasteiger partial charge in [-0.1, -0.05) is 12.8 Å². The van der Waals surface area contributed by atoms with Crippen LogP contribution in [0.4, 0.5) is 0 Å². The molecule has 1 saturated carbocycles. The van der Waals surface area contributed by atoms with E-state index < -0.39 is 0 Å². The Balaban J connectivity index is 0.000000292. The molecule has 1 fully saturated rings. The van der Waals surface area contributed by atoms with Gasteiger partial charge < -0.3 is 0 Å². The number of nitrogens with zero attached hydrogens (tertiary/aromatic N) is 1. The van der Waals surface area contributed by atoms with Crippen molar-refractivity contribution >= 4 is 5.78 Å². The third kappa shape index (κ3) is 7.05. The van der Waals surface area contributed by atoms with Crippen molar-refractivity contribution in [2.75, 3.05) is 0 Å². The number of hydrogen-bond acceptors (Lipinski definition) is 2. The first-order chi connectivity index (χ1) is 5.31. The molecule has 2 nitrogen and oxygen atoms in total. The zero-order valence-corrected chi connectivity index (χ0v) is 7.10. The number of carbonyl (C=O) groups is 1. The number of carbonyl (C=O) groups excluding carboxylic acids is 1. The van der Waals surface area contributed by atoms with E-state index in [0.717, 1.165) is 25.7 Å². The summed E-state index contributed by atoms with van der Waals surface area (Å²) >= 11 is 0. The fourth-order valence-electron chi connectivity index (χ4n) is 1.12. The third-order valence-corrected chi connectivity index (χ3v) is 1.66. The zero-order valence-electron chi connectivity index (χ0n) is 7.10. The van der Waals surface area contributed by atoms with E-state index in [1.807, 2.05) is 0 Å². The highest BCUT2D eigenvalue weighted by atomic mass is 16.1. The number of rotatable bonds is 0. The molecule has 0 N–H and O–H groups in total. The van der Waals surface area contributed by atoms with Crippen LogP contribution in [-0.2, 0) is 4.79 Å². The summed E-state index contributed by atoms with van der Waals surface area (Å²) in [5.41, 5.74) is 0. The van der Waals surface area contributed by atoms with Crippen molar-refractivity contribution in [2.45, 2.75) is 45.4 Å². The van der Waals surface area contributed by atoms with E-state index in [9.17, 15) is 4.79 Å². The van der Waals surface area contributed by atoms with Gasteiger partial charge >= 0.3 is 0 Å². The van der Waals surface area contributed by atoms with Gasteiger partial charge in [0.2, 0.25) is 0 Å². The fraction of sp³-hybridized carbons (Fsp3) is 0.778. The first-order valence-corrected chi connectivity index (χ1v) is 4.13. The molecular formula is C9H15NO. The molecule has 62 valence electrons. The minimum atomic E-state index is 0.475. The summed E-state index contributed by atoms with van der Waals surface area (Å²) < 4.78 is 0. The van der Waals surface area contributed by atoms with Gasteiger partial charge in [-0.2, -0.15) is 5.26 Å². The Kier molecular flexibility index (Phi) is 6.71. The van der Waals surface area contributed by atoms with E-state index in [1.165, 1.54) is 19.8 Å². The normalized spacial score (nSPS) is 17.3. The lowest BCUT2D eigenvalue weighted by Gasteiger charge is -1.87. The van der Waals surface area contributed by atoms with Crippen molar-refractivity contribution < 1.29 is 4.79 Å². The van der Waals surface area contributed by atoms with Gasteiger partial charge in [-0.05, 0) is 12.8 Å². The smallest absolute Gasteiger partial charge is 0.132 e. The van der Waals surface area contributed by atoms with Crippen LogP contribution < -0.4 is 0 Å². The largest absolute Gasteiger partial charge is 0.300 e. The molecule has 0 aromatic carbocycles. The molecule has 0 bridgehead atoms. The van der Waals surface area contributed by atoms with Crippen molar-refractivity contribution in [3.63, 3.8) is 0 Å². The van der Waals surface area contributed by atoms with Crippen molar-refractivity contribution in [3.05, 3.63) is 0 Å². The number of Topliss-reactive ketones (excluding diaryl/α,β-unsaturated/α-hetero) is 1. The molecule has 0 atom stereocenters. The lowest BCUT2D eigenvalue weighted by molar-refractivity contribution is -0.118. The first kappa shape index (κ1) is 10.2. The molecule has 0 amide bonds. The lowest BCUT2D eigenvalue weighted by Crippen LogP contribution is -1.91. The summed E-state index contributed by atoms with van der Waals surface area (Å²) in [6.45, 7) is 1.43. The second kappa shape index (κ2) is 7.27. The monoisotopic (exact) mass is 153 g/mol. The van der Waals surface area contributed by atoms with Crippen molar-refractivity contribution in [1.29, 1.82) is 5.26 Å². The number of hydrogen-bond donors (Lipinski definition) is 0. The highest BCUT2D eigenvalue weighted by Gasteiger charge is 2.04. The molecule has 0 radical (unpaired) electrons. The highest BCUT2D eigenvalue weighted by Crippen LogP contribution is 2.12. The van der Waals surface area contributed by atoms with Crippen LogP contribution in [0.25, 0.3) is 0 Å². The van der Waals surface area contributed by atoms with Gasteiger partial charge in [-0.3, -0.25) is 4.79 Å². The molecule has 2 heteroatoms. The Labute approximate surface area is 68.2 Å². The maximum absolute atomic E-state index is 10.7. The SMILES string of the molecule is CC#N.O=C1CCCCCC1. The molecule has 0 aromatic heterocycles. The van der Waals surface area contributed by atoms with Crippen LogP contribution in [0.3, 0.4) is 0 Å². The third-order valence-electron chi connectivity index (χ3n) is 1.66. The summed E-state index contributed by atoms with van der Waals surface area (Å²) in [5, 5.41) is 7.32. The second-order valence-electron chi connectivity index (χ2n) is 2.68. The molecule has 11 heavy (non-hydrogen) atoms. The standard InChI is InChI=1S/C7H12O.C2H3N/c8-7-5-3-1-2-4-6-7;1-2-3/h1-6H2;1H3. The van der Waals surface area contributed by atoms with E-state index in [0.29, 0.717) is 5.78 Å². The quantitative estimate of drug-likeness (QED) is 0.501. The molecule has 1 aliphatic rings.